The predicted octanol–water partition coefficient (Wildman–Crippen LogP) is 23.8. The number of nitriles is 2. The van der Waals surface area contributed by atoms with Crippen LogP contribution in [-0.2, 0) is 0 Å². The molecule has 0 saturated carbocycles. The van der Waals surface area contributed by atoms with Crippen molar-refractivity contribution in [3.8, 4) is 62.6 Å². The first-order valence-electron chi connectivity index (χ1n) is 46.7. The summed E-state index contributed by atoms with van der Waals surface area (Å²) in [6, 6.07) is 201. The number of para-hydroxylation sites is 5. The Morgan fingerprint density at radius 2 is 0.464 bits per heavy atom. The largest absolute Gasteiger partial charge is 0.318 e. The minimum Gasteiger partial charge on any atom is -0.318 e. The summed E-state index contributed by atoms with van der Waals surface area (Å²) >= 11 is 0. The van der Waals surface area contributed by atoms with Gasteiger partial charge in [-0.3, -0.25) is 0 Å². The summed E-state index contributed by atoms with van der Waals surface area (Å²) in [5.41, 5.74) is 18.7. The molecule has 0 fully saturated rings. The molecule has 9 heteroatoms. The number of hydrogen-bond donors (Lipinski definition) is 0. The Morgan fingerprint density at radius 3 is 0.826 bits per heavy atom. The van der Waals surface area contributed by atoms with Crippen LogP contribution in [0.15, 0.2) is 546 Å². The molecule has 0 radical (unpaired) electrons. The Bertz CT molecular complexity index is 8330. The molecule has 3 heterocycles. The molecule has 648 valence electrons. The van der Waals surface area contributed by atoms with Gasteiger partial charge in [-0.2, -0.15) is 10.5 Å². The number of aromatic nitrogens is 3. The van der Waals surface area contributed by atoms with Gasteiger partial charge in [0.2, 0.25) is 5.69 Å². The lowest BCUT2D eigenvalue weighted by Crippen LogP contribution is -2.75. The Morgan fingerprint density at radius 1 is 0.196 bits per heavy atom. The van der Waals surface area contributed by atoms with Crippen molar-refractivity contribution in [3.05, 3.63) is 569 Å². The molecule has 24 rings (SSSR count). The zero-order valence-electron chi connectivity index (χ0n) is 75.6. The SMILES string of the molecule is N#Cc1ccc2c(c1)c1ccccc1n2-c1ccc(-c2ccc([Si](c3ccccc3)(c3ccccc3)c3ccccc3)cc2)cc1.N#Cc1ccc2c(c1)c1ccccc1n2-c1ccc(-c2cccc([Si](c3ccccc3)(c3ccccc3)c3ccccc3)c2)cc1.[C-]#[N+]c1cccc(-c2ccccc2[Si](c2ccccc2)(c2ccccc2)c2ccccc2)c1-n1c2ccccc2c2ccccc21. The molecule has 0 atom stereocenters. The lowest BCUT2D eigenvalue weighted by Gasteiger charge is -2.36. The van der Waals surface area contributed by atoms with Crippen molar-refractivity contribution in [2.75, 3.05) is 0 Å². The topological polar surface area (TPSA) is 66.7 Å². The maximum Gasteiger partial charge on any atom is 0.211 e. The van der Waals surface area contributed by atoms with Gasteiger partial charge in [0.25, 0.3) is 0 Å². The summed E-state index contributed by atoms with van der Waals surface area (Å²) in [5, 5.41) is 42.1. The number of fused-ring (bicyclic) bond motifs is 9. The van der Waals surface area contributed by atoms with E-state index in [1.165, 1.54) is 95.3 Å². The van der Waals surface area contributed by atoms with E-state index in [-0.39, 0.29) is 0 Å². The van der Waals surface area contributed by atoms with Gasteiger partial charge < -0.3 is 13.7 Å². The molecule has 0 spiro atoms. The molecule has 0 aliphatic heterocycles. The third kappa shape index (κ3) is 15.1. The summed E-state index contributed by atoms with van der Waals surface area (Å²) in [4.78, 5) is 4.13. The Labute approximate surface area is 806 Å². The molecule has 6 nitrogen and oxygen atoms in total. The summed E-state index contributed by atoms with van der Waals surface area (Å²) in [7, 11) is -8.02. The van der Waals surface area contributed by atoms with Gasteiger partial charge in [-0.25, -0.2) is 4.85 Å². The van der Waals surface area contributed by atoms with Gasteiger partial charge in [-0.1, -0.05) is 461 Å². The van der Waals surface area contributed by atoms with Crippen LogP contribution in [0.3, 0.4) is 0 Å². The smallest absolute Gasteiger partial charge is 0.211 e. The third-order valence-electron chi connectivity index (χ3n) is 27.6. The summed E-state index contributed by atoms with van der Waals surface area (Å²) in [5.74, 6) is 0. The van der Waals surface area contributed by atoms with Crippen molar-refractivity contribution in [1.29, 1.82) is 10.5 Å². The van der Waals surface area contributed by atoms with Crippen molar-refractivity contribution < 1.29 is 0 Å². The van der Waals surface area contributed by atoms with Gasteiger partial charge in [0, 0.05) is 43.7 Å². The zero-order valence-corrected chi connectivity index (χ0v) is 78.6. The van der Waals surface area contributed by atoms with Crippen LogP contribution in [0.5, 0.6) is 0 Å². The maximum absolute atomic E-state index is 9.54. The second-order valence-corrected chi connectivity index (χ2v) is 46.3. The zero-order chi connectivity index (χ0) is 92.8. The second kappa shape index (κ2) is 37.7. The normalized spacial score (nSPS) is 11.5. The highest BCUT2D eigenvalue weighted by Gasteiger charge is 2.45. The maximum atomic E-state index is 9.54. The lowest BCUT2D eigenvalue weighted by molar-refractivity contribution is 1.18. The van der Waals surface area contributed by atoms with Gasteiger partial charge in [-0.15, -0.1) is 0 Å². The van der Waals surface area contributed by atoms with Crippen LogP contribution in [0.25, 0.3) is 121 Å². The number of hydrogen-bond acceptors (Lipinski definition) is 2. The third-order valence-corrected chi connectivity index (χ3v) is 42.0. The van der Waals surface area contributed by atoms with Crippen LogP contribution >= 0.6 is 0 Å². The van der Waals surface area contributed by atoms with Gasteiger partial charge in [0.1, 0.15) is 0 Å². The van der Waals surface area contributed by atoms with Crippen molar-refractivity contribution in [1.82, 2.24) is 13.7 Å². The quantitative estimate of drug-likeness (QED) is 0.0488. The second-order valence-electron chi connectivity index (χ2n) is 34.9. The minimum atomic E-state index is -2.86. The van der Waals surface area contributed by atoms with Crippen LogP contribution in [0.2, 0.25) is 0 Å². The van der Waals surface area contributed by atoms with Crippen LogP contribution in [0.1, 0.15) is 11.1 Å². The monoisotopic (exact) mass is 1810 g/mol. The molecule has 0 aliphatic carbocycles. The molecule has 24 aromatic rings. The fourth-order valence-corrected chi connectivity index (χ4v) is 36.1. The van der Waals surface area contributed by atoms with E-state index in [9.17, 15) is 10.5 Å². The molecule has 3 aromatic heterocycles. The van der Waals surface area contributed by atoms with Gasteiger partial charge in [0.05, 0.1) is 68.6 Å². The van der Waals surface area contributed by atoms with Crippen molar-refractivity contribution >= 4 is 158 Å². The van der Waals surface area contributed by atoms with E-state index in [0.717, 1.165) is 82.8 Å². The predicted molar refractivity (Wildman–Crippen MR) is 585 cm³/mol. The highest BCUT2D eigenvalue weighted by atomic mass is 28.3. The molecule has 0 bridgehead atoms. The van der Waals surface area contributed by atoms with E-state index < -0.39 is 24.2 Å². The van der Waals surface area contributed by atoms with Crippen molar-refractivity contribution in [2.24, 2.45) is 0 Å². The van der Waals surface area contributed by atoms with E-state index in [1.54, 1.807) is 0 Å². The standard InChI is InChI=1S/3C43H30N2Si/c1-44-39-28-17-27-38(43(39)45-40-29-14-11-24-35(40)36-25-12-15-30-41(36)45)37-26-13-16-31-42(37)46(32-18-5-2-6-19-32,33-20-7-3-8-21-33)34-22-9-4-10-23-34;44-31-32-23-28-43-41(29-32)40-21-10-11-22-42(40)45(43)35-26-24-33(25-27-35)34-13-12-20-39(30-34)46(36-14-4-1-5-15-36,37-16-6-2-7-17-37)38-18-8-3-9-19-38;44-31-32-20-29-43-41(30-32)40-18-10-11-19-42(40)45(43)35-25-21-33(22-26-35)34-23-27-39(28-24-34)46(36-12-4-1-5-13-36,37-14-6-2-7-15-37)38-16-8-3-9-17-38/h2-31H;2*1-30H. The van der Waals surface area contributed by atoms with Crippen LogP contribution in [0.4, 0.5) is 5.69 Å². The summed E-state index contributed by atoms with van der Waals surface area (Å²) < 4.78 is 6.89. The molecule has 0 N–H and O–H groups in total. The number of nitrogens with zero attached hydrogens (tertiary/aromatic N) is 6. The van der Waals surface area contributed by atoms with E-state index >= 15 is 0 Å². The highest BCUT2D eigenvalue weighted by molar-refractivity contribution is 7.21. The van der Waals surface area contributed by atoms with E-state index in [2.05, 4.69) is 540 Å². The van der Waals surface area contributed by atoms with E-state index in [1.807, 2.05) is 36.4 Å². The highest BCUT2D eigenvalue weighted by Crippen LogP contribution is 2.43. The van der Waals surface area contributed by atoms with Crippen LogP contribution in [-0.4, -0.2) is 37.9 Å². The average molecular weight is 1810 g/mol. The molecule has 138 heavy (non-hydrogen) atoms. The van der Waals surface area contributed by atoms with Crippen molar-refractivity contribution in [2.45, 2.75) is 0 Å². The first-order chi connectivity index (χ1) is 68.4. The van der Waals surface area contributed by atoms with Crippen LogP contribution in [0, 0.1) is 29.2 Å². The first-order valence-corrected chi connectivity index (χ1v) is 52.7. The number of benzene rings is 21. The molecule has 21 aromatic carbocycles. The molecule has 0 amide bonds. The Balaban J connectivity index is 0.000000119. The minimum absolute atomic E-state index is 0.630. The lowest BCUT2D eigenvalue weighted by atomic mass is 10.0. The summed E-state index contributed by atoms with van der Waals surface area (Å²) in [6.45, 7) is 8.36. The van der Waals surface area contributed by atoms with Crippen LogP contribution < -0.4 is 62.2 Å². The molecular formula is C129H90N6Si3. The fraction of sp³-hybridized carbons (Fsp3) is 0. The number of rotatable bonds is 18. The Hall–Kier alpha value is -17.9. The fourth-order valence-electron chi connectivity index (χ4n) is 21.5. The molecule has 0 unspecified atom stereocenters. The van der Waals surface area contributed by atoms with Crippen molar-refractivity contribution in [3.63, 3.8) is 0 Å². The van der Waals surface area contributed by atoms with Gasteiger partial charge in [0.15, 0.2) is 24.2 Å². The molecular weight excluding hydrogens is 1720 g/mol. The molecule has 0 aliphatic rings. The van der Waals surface area contributed by atoms with Gasteiger partial charge in [-0.05, 0) is 181 Å². The summed E-state index contributed by atoms with van der Waals surface area (Å²) in [6.07, 6.45) is 0. The molecule has 0 saturated heterocycles. The Kier molecular flexibility index (Phi) is 23.4. The van der Waals surface area contributed by atoms with Gasteiger partial charge >= 0.3 is 0 Å². The average Bonchev–Trinajstić information content (AvgIpc) is 1.09. The van der Waals surface area contributed by atoms with E-state index in [4.69, 9.17) is 6.57 Å². The first kappa shape index (κ1) is 85.6. The van der Waals surface area contributed by atoms with E-state index in [0.29, 0.717) is 16.8 Å².